The molecule has 0 atom stereocenters. The van der Waals surface area contributed by atoms with Gasteiger partial charge in [-0.15, -0.1) is 0 Å². The number of nitrogens with one attached hydrogen (secondary N) is 2. The second-order valence-electron chi connectivity index (χ2n) is 5.64. The molecule has 0 aromatic rings. The maximum Gasteiger partial charge on any atom is 0.0157 e. The Balaban J connectivity index is 2.53. The SMILES string of the molecule is CC1(C)CC(NCCBr)CC(C)(C)N1. The standard InChI is InChI=1S/C11H23BrN2/c1-10(2)7-9(13-6-5-12)8-11(3,4)14-10/h9,13-14H,5-8H2,1-4H3. The molecule has 1 rings (SSSR count). The lowest BCUT2D eigenvalue weighted by atomic mass is 9.79. The van der Waals surface area contributed by atoms with Crippen LogP contribution in [0.3, 0.4) is 0 Å². The quantitative estimate of drug-likeness (QED) is 0.763. The van der Waals surface area contributed by atoms with Crippen molar-refractivity contribution in [3.63, 3.8) is 0 Å². The average Bonchev–Trinajstić information content (AvgIpc) is 1.94. The fourth-order valence-electron chi connectivity index (χ4n) is 2.73. The zero-order chi connectivity index (χ0) is 10.8. The molecule has 2 N–H and O–H groups in total. The van der Waals surface area contributed by atoms with Crippen LogP contribution in [0.4, 0.5) is 0 Å². The molecule has 84 valence electrons. The number of hydrogen-bond acceptors (Lipinski definition) is 2. The Morgan fingerprint density at radius 3 is 2.14 bits per heavy atom. The third kappa shape index (κ3) is 3.87. The molecule has 0 spiro atoms. The van der Waals surface area contributed by atoms with Gasteiger partial charge in [0.1, 0.15) is 0 Å². The summed E-state index contributed by atoms with van der Waals surface area (Å²) in [5.41, 5.74) is 0.511. The zero-order valence-corrected chi connectivity index (χ0v) is 11.4. The van der Waals surface area contributed by atoms with E-state index < -0.39 is 0 Å². The van der Waals surface area contributed by atoms with Gasteiger partial charge < -0.3 is 10.6 Å². The van der Waals surface area contributed by atoms with Gasteiger partial charge in [-0.05, 0) is 40.5 Å². The van der Waals surface area contributed by atoms with E-state index in [1.54, 1.807) is 0 Å². The molecule has 0 aliphatic carbocycles. The summed E-state index contributed by atoms with van der Waals surface area (Å²) < 4.78 is 0. The Kier molecular flexibility index (Phi) is 4.01. The Hall–Kier alpha value is 0.400. The van der Waals surface area contributed by atoms with Crippen molar-refractivity contribution in [2.45, 2.75) is 57.7 Å². The van der Waals surface area contributed by atoms with Gasteiger partial charge in [-0.25, -0.2) is 0 Å². The van der Waals surface area contributed by atoms with Crippen LogP contribution in [0, 0.1) is 0 Å². The molecule has 0 radical (unpaired) electrons. The molecule has 1 aliphatic rings. The maximum atomic E-state index is 3.69. The van der Waals surface area contributed by atoms with E-state index in [4.69, 9.17) is 0 Å². The fourth-order valence-corrected chi connectivity index (χ4v) is 2.95. The first-order valence-corrected chi connectivity index (χ1v) is 6.55. The van der Waals surface area contributed by atoms with Gasteiger partial charge in [0.2, 0.25) is 0 Å². The summed E-state index contributed by atoms with van der Waals surface area (Å²) in [6, 6.07) is 0.652. The molecule has 2 nitrogen and oxygen atoms in total. The molecule has 0 aromatic heterocycles. The summed E-state index contributed by atoms with van der Waals surface area (Å²) in [6.07, 6.45) is 2.42. The van der Waals surface area contributed by atoms with Crippen molar-refractivity contribution in [1.82, 2.24) is 10.6 Å². The highest BCUT2D eigenvalue weighted by atomic mass is 79.9. The van der Waals surface area contributed by atoms with Gasteiger partial charge in [-0.3, -0.25) is 0 Å². The lowest BCUT2D eigenvalue weighted by Crippen LogP contribution is -2.61. The predicted octanol–water partition coefficient (Wildman–Crippen LogP) is 2.28. The summed E-state index contributed by atoms with van der Waals surface area (Å²) in [4.78, 5) is 0. The van der Waals surface area contributed by atoms with Crippen LogP contribution in [0.5, 0.6) is 0 Å². The predicted molar refractivity (Wildman–Crippen MR) is 66.1 cm³/mol. The van der Waals surface area contributed by atoms with Gasteiger partial charge >= 0.3 is 0 Å². The van der Waals surface area contributed by atoms with Crippen LogP contribution in [-0.4, -0.2) is 29.0 Å². The van der Waals surface area contributed by atoms with E-state index in [2.05, 4.69) is 54.3 Å². The van der Waals surface area contributed by atoms with Crippen molar-refractivity contribution >= 4 is 15.9 Å². The summed E-state index contributed by atoms with van der Waals surface area (Å²) in [6.45, 7) is 10.2. The highest BCUT2D eigenvalue weighted by molar-refractivity contribution is 9.09. The van der Waals surface area contributed by atoms with E-state index >= 15 is 0 Å². The summed E-state index contributed by atoms with van der Waals surface area (Å²) in [5, 5.41) is 8.32. The van der Waals surface area contributed by atoms with Crippen LogP contribution < -0.4 is 10.6 Å². The Bertz CT molecular complexity index is 174. The van der Waals surface area contributed by atoms with Crippen LogP contribution in [0.25, 0.3) is 0 Å². The minimum Gasteiger partial charge on any atom is -0.313 e. The molecule has 3 heteroatoms. The second kappa shape index (κ2) is 4.50. The largest absolute Gasteiger partial charge is 0.313 e. The van der Waals surface area contributed by atoms with Crippen LogP contribution in [-0.2, 0) is 0 Å². The number of hydrogen-bond donors (Lipinski definition) is 2. The summed E-state index contributed by atoms with van der Waals surface area (Å²) in [5.74, 6) is 0. The first-order chi connectivity index (χ1) is 6.35. The maximum absolute atomic E-state index is 3.69. The first-order valence-electron chi connectivity index (χ1n) is 5.43. The number of rotatable bonds is 3. The van der Waals surface area contributed by atoms with Crippen molar-refractivity contribution in [3.8, 4) is 0 Å². The summed E-state index contributed by atoms with van der Waals surface area (Å²) >= 11 is 3.46. The smallest absolute Gasteiger partial charge is 0.0157 e. The Labute approximate surface area is 96.4 Å². The van der Waals surface area contributed by atoms with Crippen LogP contribution in [0.2, 0.25) is 0 Å². The Morgan fingerprint density at radius 1 is 1.21 bits per heavy atom. The molecule has 0 amide bonds. The topological polar surface area (TPSA) is 24.1 Å². The molecule has 0 saturated carbocycles. The van der Waals surface area contributed by atoms with E-state index in [0.717, 1.165) is 11.9 Å². The molecule has 0 aromatic carbocycles. The Morgan fingerprint density at radius 2 is 1.71 bits per heavy atom. The molecule has 14 heavy (non-hydrogen) atoms. The second-order valence-corrected chi connectivity index (χ2v) is 6.43. The fraction of sp³-hybridized carbons (Fsp3) is 1.00. The van der Waals surface area contributed by atoms with Gasteiger partial charge in [0.05, 0.1) is 0 Å². The lowest BCUT2D eigenvalue weighted by Gasteiger charge is -2.46. The van der Waals surface area contributed by atoms with Gasteiger partial charge in [0.25, 0.3) is 0 Å². The molecule has 1 aliphatic heterocycles. The van der Waals surface area contributed by atoms with E-state index in [-0.39, 0.29) is 11.1 Å². The van der Waals surface area contributed by atoms with Gasteiger partial charge in [-0.2, -0.15) is 0 Å². The van der Waals surface area contributed by atoms with Crippen molar-refractivity contribution in [3.05, 3.63) is 0 Å². The average molecular weight is 263 g/mol. The lowest BCUT2D eigenvalue weighted by molar-refractivity contribution is 0.147. The van der Waals surface area contributed by atoms with Gasteiger partial charge in [0, 0.05) is 29.0 Å². The monoisotopic (exact) mass is 262 g/mol. The van der Waals surface area contributed by atoms with Gasteiger partial charge in [0.15, 0.2) is 0 Å². The third-order valence-electron chi connectivity index (χ3n) is 2.72. The number of piperidine rings is 1. The van der Waals surface area contributed by atoms with Crippen LogP contribution >= 0.6 is 15.9 Å². The minimum atomic E-state index is 0.256. The zero-order valence-electron chi connectivity index (χ0n) is 9.78. The first kappa shape index (κ1) is 12.5. The van der Waals surface area contributed by atoms with E-state index in [1.807, 2.05) is 0 Å². The molecular formula is C11H23BrN2. The van der Waals surface area contributed by atoms with E-state index in [0.29, 0.717) is 6.04 Å². The molecule has 1 heterocycles. The minimum absolute atomic E-state index is 0.256. The van der Waals surface area contributed by atoms with Crippen molar-refractivity contribution in [1.29, 1.82) is 0 Å². The van der Waals surface area contributed by atoms with E-state index in [9.17, 15) is 0 Å². The number of alkyl halides is 1. The molecule has 0 unspecified atom stereocenters. The molecule has 0 bridgehead atoms. The van der Waals surface area contributed by atoms with Gasteiger partial charge in [-0.1, -0.05) is 15.9 Å². The van der Waals surface area contributed by atoms with Crippen molar-refractivity contribution in [2.75, 3.05) is 11.9 Å². The third-order valence-corrected chi connectivity index (χ3v) is 3.11. The van der Waals surface area contributed by atoms with Crippen LogP contribution in [0.15, 0.2) is 0 Å². The van der Waals surface area contributed by atoms with Crippen molar-refractivity contribution < 1.29 is 0 Å². The molecule has 1 saturated heterocycles. The highest BCUT2D eigenvalue weighted by Crippen LogP contribution is 2.28. The van der Waals surface area contributed by atoms with E-state index in [1.165, 1.54) is 12.8 Å². The van der Waals surface area contributed by atoms with Crippen LogP contribution in [0.1, 0.15) is 40.5 Å². The summed E-state index contributed by atoms with van der Waals surface area (Å²) in [7, 11) is 0. The van der Waals surface area contributed by atoms with Crippen molar-refractivity contribution in [2.24, 2.45) is 0 Å². The number of halogens is 1. The normalized spacial score (nSPS) is 26.4. The highest BCUT2D eigenvalue weighted by Gasteiger charge is 2.37. The molecular weight excluding hydrogens is 240 g/mol. The molecule has 1 fully saturated rings.